The summed E-state index contributed by atoms with van der Waals surface area (Å²) in [5, 5.41) is 0. The fourth-order valence-electron chi connectivity index (χ4n) is 2.71. The summed E-state index contributed by atoms with van der Waals surface area (Å²) in [6, 6.07) is 15.6. The molecule has 1 heterocycles. The number of aryl methyl sites for hydroxylation is 2. The van der Waals surface area contributed by atoms with Crippen LogP contribution in [0.25, 0.3) is 0 Å². The first-order valence-electron chi connectivity index (χ1n) is 8.29. The number of morpholine rings is 1. The SMILES string of the molecule is Cc1ccc(OC[C@H]2CN(C(=O)c3ccc(C)cc3)CCO2)cc1. The number of nitrogens with zero attached hydrogens (tertiary/aromatic N) is 1. The van der Waals surface area contributed by atoms with Crippen molar-refractivity contribution in [1.82, 2.24) is 4.90 Å². The van der Waals surface area contributed by atoms with Crippen molar-refractivity contribution in [3.05, 3.63) is 65.2 Å². The third-order valence-electron chi connectivity index (χ3n) is 4.18. The van der Waals surface area contributed by atoms with Crippen molar-refractivity contribution in [1.29, 1.82) is 0 Å². The average molecular weight is 325 g/mol. The summed E-state index contributed by atoms with van der Waals surface area (Å²) in [6.45, 7) is 6.22. The van der Waals surface area contributed by atoms with Gasteiger partial charge in [0.1, 0.15) is 18.5 Å². The minimum Gasteiger partial charge on any atom is -0.491 e. The molecule has 1 aliphatic rings. The molecule has 0 radical (unpaired) electrons. The molecule has 126 valence electrons. The number of hydrogen-bond acceptors (Lipinski definition) is 3. The number of carbonyl (C=O) groups is 1. The molecule has 1 atom stereocenters. The molecular formula is C20H23NO3. The fraction of sp³-hybridized carbons (Fsp3) is 0.350. The van der Waals surface area contributed by atoms with Gasteiger partial charge < -0.3 is 14.4 Å². The van der Waals surface area contributed by atoms with Crippen molar-refractivity contribution in [3.63, 3.8) is 0 Å². The first-order valence-corrected chi connectivity index (χ1v) is 8.29. The van der Waals surface area contributed by atoms with Crippen LogP contribution in [0.1, 0.15) is 21.5 Å². The second-order valence-corrected chi connectivity index (χ2v) is 6.23. The summed E-state index contributed by atoms with van der Waals surface area (Å²) >= 11 is 0. The van der Waals surface area contributed by atoms with Gasteiger partial charge in [0.2, 0.25) is 0 Å². The molecule has 2 aromatic carbocycles. The van der Waals surface area contributed by atoms with Crippen LogP contribution < -0.4 is 4.74 Å². The van der Waals surface area contributed by atoms with Gasteiger partial charge in [-0.1, -0.05) is 35.4 Å². The van der Waals surface area contributed by atoms with E-state index < -0.39 is 0 Å². The molecule has 3 rings (SSSR count). The number of amides is 1. The Morgan fingerprint density at radius 1 is 1.08 bits per heavy atom. The molecule has 0 aliphatic carbocycles. The summed E-state index contributed by atoms with van der Waals surface area (Å²) in [7, 11) is 0. The summed E-state index contributed by atoms with van der Waals surface area (Å²) in [4.78, 5) is 14.4. The Morgan fingerprint density at radius 2 is 1.71 bits per heavy atom. The number of carbonyl (C=O) groups excluding carboxylic acids is 1. The van der Waals surface area contributed by atoms with E-state index in [1.54, 1.807) is 0 Å². The maximum absolute atomic E-state index is 12.6. The van der Waals surface area contributed by atoms with Gasteiger partial charge in [0.05, 0.1) is 13.2 Å². The lowest BCUT2D eigenvalue weighted by Crippen LogP contribution is -2.47. The number of rotatable bonds is 4. The maximum Gasteiger partial charge on any atom is 0.254 e. The quantitative estimate of drug-likeness (QED) is 0.866. The van der Waals surface area contributed by atoms with Crippen molar-refractivity contribution in [2.45, 2.75) is 20.0 Å². The molecule has 1 aliphatic heterocycles. The lowest BCUT2D eigenvalue weighted by atomic mass is 10.1. The van der Waals surface area contributed by atoms with Crippen LogP contribution in [0.3, 0.4) is 0 Å². The van der Waals surface area contributed by atoms with Gasteiger partial charge >= 0.3 is 0 Å². The molecule has 0 saturated carbocycles. The molecule has 4 nitrogen and oxygen atoms in total. The van der Waals surface area contributed by atoms with Crippen molar-refractivity contribution >= 4 is 5.91 Å². The zero-order valence-electron chi connectivity index (χ0n) is 14.2. The van der Waals surface area contributed by atoms with Crippen molar-refractivity contribution in [2.24, 2.45) is 0 Å². The molecule has 2 aromatic rings. The lowest BCUT2D eigenvalue weighted by Gasteiger charge is -2.33. The molecule has 0 unspecified atom stereocenters. The van der Waals surface area contributed by atoms with Crippen LogP contribution >= 0.6 is 0 Å². The molecule has 0 aromatic heterocycles. The molecule has 0 spiro atoms. The predicted octanol–water partition coefficient (Wildman–Crippen LogP) is 3.22. The predicted molar refractivity (Wildman–Crippen MR) is 93.5 cm³/mol. The molecule has 1 saturated heterocycles. The Bertz CT molecular complexity index is 679. The summed E-state index contributed by atoms with van der Waals surface area (Å²) in [5.41, 5.74) is 3.07. The Hall–Kier alpha value is -2.33. The van der Waals surface area contributed by atoms with E-state index in [2.05, 4.69) is 0 Å². The Kier molecular flexibility index (Phi) is 5.16. The second kappa shape index (κ2) is 7.49. The monoisotopic (exact) mass is 325 g/mol. The molecule has 24 heavy (non-hydrogen) atoms. The largest absolute Gasteiger partial charge is 0.491 e. The van der Waals surface area contributed by atoms with E-state index in [-0.39, 0.29) is 12.0 Å². The van der Waals surface area contributed by atoms with Gasteiger partial charge in [-0.05, 0) is 38.1 Å². The fourth-order valence-corrected chi connectivity index (χ4v) is 2.71. The van der Waals surface area contributed by atoms with Crippen LogP contribution in [0.4, 0.5) is 0 Å². The van der Waals surface area contributed by atoms with Crippen LogP contribution in [0, 0.1) is 13.8 Å². The topological polar surface area (TPSA) is 38.8 Å². The number of benzene rings is 2. The van der Waals surface area contributed by atoms with Gasteiger partial charge in [0.15, 0.2) is 0 Å². The van der Waals surface area contributed by atoms with Gasteiger partial charge in [-0.15, -0.1) is 0 Å². The van der Waals surface area contributed by atoms with Crippen molar-refractivity contribution in [3.8, 4) is 5.75 Å². The highest BCUT2D eigenvalue weighted by Crippen LogP contribution is 2.15. The lowest BCUT2D eigenvalue weighted by molar-refractivity contribution is -0.0401. The zero-order chi connectivity index (χ0) is 16.9. The van der Waals surface area contributed by atoms with Gasteiger partial charge in [0.25, 0.3) is 5.91 Å². The Balaban J connectivity index is 1.56. The van der Waals surface area contributed by atoms with Crippen molar-refractivity contribution < 1.29 is 14.3 Å². The first-order chi connectivity index (χ1) is 11.6. The van der Waals surface area contributed by atoms with Crippen LogP contribution in [-0.4, -0.2) is 43.2 Å². The Morgan fingerprint density at radius 3 is 2.38 bits per heavy atom. The van der Waals surface area contributed by atoms with E-state index in [1.165, 1.54) is 5.56 Å². The van der Waals surface area contributed by atoms with E-state index in [4.69, 9.17) is 9.47 Å². The van der Waals surface area contributed by atoms with Gasteiger partial charge in [-0.25, -0.2) is 0 Å². The van der Waals surface area contributed by atoms with Crippen LogP contribution in [-0.2, 0) is 4.74 Å². The molecule has 1 fully saturated rings. The standard InChI is InChI=1S/C20H23NO3/c1-15-3-7-17(8-4-15)20(22)21-11-12-23-19(13-21)14-24-18-9-5-16(2)6-10-18/h3-10,19H,11-14H2,1-2H3/t19-/m1/s1. The smallest absolute Gasteiger partial charge is 0.254 e. The van der Waals surface area contributed by atoms with E-state index >= 15 is 0 Å². The summed E-state index contributed by atoms with van der Waals surface area (Å²) in [6.07, 6.45) is -0.102. The zero-order valence-corrected chi connectivity index (χ0v) is 14.2. The number of ether oxygens (including phenoxy) is 2. The Labute approximate surface area is 143 Å². The minimum atomic E-state index is -0.102. The van der Waals surface area contributed by atoms with Crippen molar-refractivity contribution in [2.75, 3.05) is 26.3 Å². The van der Waals surface area contributed by atoms with Crippen LogP contribution in [0.2, 0.25) is 0 Å². The highest BCUT2D eigenvalue weighted by molar-refractivity contribution is 5.94. The third-order valence-corrected chi connectivity index (χ3v) is 4.18. The van der Waals surface area contributed by atoms with Gasteiger partial charge in [-0.3, -0.25) is 4.79 Å². The van der Waals surface area contributed by atoms with E-state index in [0.717, 1.165) is 16.9 Å². The molecular weight excluding hydrogens is 302 g/mol. The van der Waals surface area contributed by atoms with E-state index in [0.29, 0.717) is 26.3 Å². The highest BCUT2D eigenvalue weighted by atomic mass is 16.5. The molecule has 0 N–H and O–H groups in total. The van der Waals surface area contributed by atoms with E-state index in [1.807, 2.05) is 67.3 Å². The maximum atomic E-state index is 12.6. The third kappa shape index (κ3) is 4.15. The van der Waals surface area contributed by atoms with Gasteiger partial charge in [0, 0.05) is 12.1 Å². The normalized spacial score (nSPS) is 17.6. The molecule has 4 heteroatoms. The van der Waals surface area contributed by atoms with Crippen LogP contribution in [0.5, 0.6) is 5.75 Å². The number of hydrogen-bond donors (Lipinski definition) is 0. The molecule has 0 bridgehead atoms. The first kappa shape index (κ1) is 16.5. The highest BCUT2D eigenvalue weighted by Gasteiger charge is 2.25. The minimum absolute atomic E-state index is 0.0543. The summed E-state index contributed by atoms with van der Waals surface area (Å²) < 4.78 is 11.5. The van der Waals surface area contributed by atoms with Crippen LogP contribution in [0.15, 0.2) is 48.5 Å². The average Bonchev–Trinajstić information content (AvgIpc) is 2.61. The van der Waals surface area contributed by atoms with E-state index in [9.17, 15) is 4.79 Å². The molecule has 1 amide bonds. The second-order valence-electron chi connectivity index (χ2n) is 6.23. The summed E-state index contributed by atoms with van der Waals surface area (Å²) in [5.74, 6) is 0.879. The van der Waals surface area contributed by atoms with Gasteiger partial charge in [-0.2, -0.15) is 0 Å².